The van der Waals surface area contributed by atoms with Crippen molar-refractivity contribution in [2.45, 2.75) is 42.7 Å². The van der Waals surface area contributed by atoms with E-state index in [0.717, 1.165) is 18.2 Å². The van der Waals surface area contributed by atoms with E-state index in [1.54, 1.807) is 0 Å². The van der Waals surface area contributed by atoms with E-state index >= 15 is 0 Å². The molecule has 2 atom stereocenters. The first kappa shape index (κ1) is 22.9. The summed E-state index contributed by atoms with van der Waals surface area (Å²) in [4.78, 5) is 12.4. The van der Waals surface area contributed by atoms with Gasteiger partial charge in [-0.2, -0.15) is 0 Å². The van der Waals surface area contributed by atoms with E-state index in [4.69, 9.17) is 23.2 Å². The Labute approximate surface area is 182 Å². The Balaban J connectivity index is 1.83. The zero-order valence-corrected chi connectivity index (χ0v) is 17.8. The van der Waals surface area contributed by atoms with Crippen LogP contribution in [0.1, 0.15) is 36.0 Å². The van der Waals surface area contributed by atoms with Gasteiger partial charge in [-0.1, -0.05) is 23.2 Å². The Morgan fingerprint density at radius 1 is 1.10 bits per heavy atom. The average Bonchev–Trinajstić information content (AvgIpc) is 2.65. The van der Waals surface area contributed by atoms with Crippen LogP contribution in [0.5, 0.6) is 0 Å². The van der Waals surface area contributed by atoms with Crippen molar-refractivity contribution in [3.05, 3.63) is 57.6 Å². The Morgan fingerprint density at radius 2 is 1.83 bits per heavy atom. The van der Waals surface area contributed by atoms with Crippen molar-refractivity contribution in [3.63, 3.8) is 0 Å². The Kier molecular flexibility index (Phi) is 6.98. The number of halogens is 4. The molecule has 162 valence electrons. The molecule has 11 heteroatoms. The third kappa shape index (κ3) is 5.28. The number of aliphatic hydroxyl groups excluding tert-OH is 1. The number of anilines is 1. The standard InChI is InChI=1S/C19H18Cl2F2N2O4S/c20-15-5-4-13(30(28,29)25-10-2-1-3-12(26)6-10)9-14(15)19(27)24-11-7-16(21)18(23)17(22)8-11/h4-5,7-10,12,25-26H,1-3,6H2,(H,24,27). The molecule has 1 amide bonds. The molecule has 1 saturated carbocycles. The molecule has 1 aliphatic rings. The maximum Gasteiger partial charge on any atom is 0.257 e. The highest BCUT2D eigenvalue weighted by molar-refractivity contribution is 7.89. The minimum Gasteiger partial charge on any atom is -0.393 e. The molecule has 1 fully saturated rings. The van der Waals surface area contributed by atoms with Gasteiger partial charge in [0.25, 0.3) is 5.91 Å². The summed E-state index contributed by atoms with van der Waals surface area (Å²) < 4.78 is 54.7. The molecule has 0 bridgehead atoms. The number of hydrogen-bond acceptors (Lipinski definition) is 4. The summed E-state index contributed by atoms with van der Waals surface area (Å²) in [5, 5.41) is 11.5. The molecule has 0 aliphatic heterocycles. The molecule has 0 radical (unpaired) electrons. The summed E-state index contributed by atoms with van der Waals surface area (Å²) >= 11 is 11.6. The normalized spacial score (nSPS) is 19.5. The zero-order valence-electron chi connectivity index (χ0n) is 15.5. The third-order valence-electron chi connectivity index (χ3n) is 4.70. The lowest BCUT2D eigenvalue weighted by Crippen LogP contribution is -2.39. The van der Waals surface area contributed by atoms with Gasteiger partial charge < -0.3 is 10.4 Å². The van der Waals surface area contributed by atoms with Crippen molar-refractivity contribution in [2.75, 3.05) is 5.32 Å². The van der Waals surface area contributed by atoms with E-state index in [9.17, 15) is 27.1 Å². The van der Waals surface area contributed by atoms with Crippen LogP contribution < -0.4 is 10.0 Å². The molecule has 2 aromatic rings. The first-order valence-electron chi connectivity index (χ1n) is 9.02. The van der Waals surface area contributed by atoms with Crippen LogP contribution in [0.15, 0.2) is 35.2 Å². The van der Waals surface area contributed by atoms with Gasteiger partial charge in [0.2, 0.25) is 10.0 Å². The molecular formula is C19H18Cl2F2N2O4S. The molecule has 30 heavy (non-hydrogen) atoms. The van der Waals surface area contributed by atoms with Crippen molar-refractivity contribution < 1.29 is 27.1 Å². The van der Waals surface area contributed by atoms with E-state index in [0.29, 0.717) is 25.7 Å². The van der Waals surface area contributed by atoms with Crippen LogP contribution in [0.25, 0.3) is 0 Å². The van der Waals surface area contributed by atoms with E-state index in [2.05, 4.69) is 10.0 Å². The number of hydrogen-bond donors (Lipinski definition) is 3. The summed E-state index contributed by atoms with van der Waals surface area (Å²) in [5.74, 6) is -3.33. The highest BCUT2D eigenvalue weighted by Gasteiger charge is 2.26. The number of nitrogens with one attached hydrogen (secondary N) is 2. The van der Waals surface area contributed by atoms with Gasteiger partial charge in [0.1, 0.15) is 0 Å². The smallest absolute Gasteiger partial charge is 0.257 e. The number of benzene rings is 2. The number of sulfonamides is 1. The highest BCUT2D eigenvalue weighted by Crippen LogP contribution is 2.26. The molecule has 0 aromatic heterocycles. The lowest BCUT2D eigenvalue weighted by molar-refractivity contribution is 0.102. The topological polar surface area (TPSA) is 95.5 Å². The molecule has 0 heterocycles. The van der Waals surface area contributed by atoms with E-state index in [1.807, 2.05) is 0 Å². The maximum absolute atomic E-state index is 13.5. The highest BCUT2D eigenvalue weighted by atomic mass is 35.5. The van der Waals surface area contributed by atoms with Gasteiger partial charge in [0.05, 0.1) is 26.6 Å². The number of rotatable bonds is 5. The fourth-order valence-electron chi connectivity index (χ4n) is 3.23. The third-order valence-corrected chi connectivity index (χ3v) is 6.83. The molecule has 1 aliphatic carbocycles. The van der Waals surface area contributed by atoms with E-state index < -0.39 is 44.7 Å². The lowest BCUT2D eigenvalue weighted by Gasteiger charge is -2.26. The van der Waals surface area contributed by atoms with Crippen LogP contribution in [-0.4, -0.2) is 31.6 Å². The van der Waals surface area contributed by atoms with Crippen molar-refractivity contribution >= 4 is 44.8 Å². The van der Waals surface area contributed by atoms with Crippen molar-refractivity contribution in [3.8, 4) is 0 Å². The summed E-state index contributed by atoms with van der Waals surface area (Å²) in [6.07, 6.45) is 1.64. The Bertz CT molecular complexity index is 1060. The van der Waals surface area contributed by atoms with Crippen LogP contribution >= 0.6 is 23.2 Å². The molecule has 3 rings (SSSR count). The van der Waals surface area contributed by atoms with E-state index in [-0.39, 0.29) is 21.2 Å². The predicted molar refractivity (Wildman–Crippen MR) is 109 cm³/mol. The molecule has 3 N–H and O–H groups in total. The Morgan fingerprint density at radius 3 is 2.50 bits per heavy atom. The first-order chi connectivity index (χ1) is 14.1. The molecule has 2 aromatic carbocycles. The largest absolute Gasteiger partial charge is 0.393 e. The van der Waals surface area contributed by atoms with Crippen LogP contribution in [0, 0.1) is 11.6 Å². The van der Waals surface area contributed by atoms with Gasteiger partial charge in [-0.3, -0.25) is 4.79 Å². The number of amides is 1. The van der Waals surface area contributed by atoms with E-state index in [1.165, 1.54) is 12.1 Å². The van der Waals surface area contributed by atoms with Crippen LogP contribution in [-0.2, 0) is 10.0 Å². The van der Waals surface area contributed by atoms with Crippen molar-refractivity contribution in [1.29, 1.82) is 0 Å². The summed E-state index contributed by atoms with van der Waals surface area (Å²) in [6.45, 7) is 0. The second-order valence-corrected chi connectivity index (χ2v) is 9.52. The minimum atomic E-state index is -3.98. The lowest BCUT2D eigenvalue weighted by atomic mass is 9.94. The van der Waals surface area contributed by atoms with Gasteiger partial charge in [0.15, 0.2) is 11.6 Å². The fraction of sp³-hybridized carbons (Fsp3) is 0.316. The number of carbonyl (C=O) groups excluding carboxylic acids is 1. The van der Waals surface area contributed by atoms with Crippen molar-refractivity contribution in [1.82, 2.24) is 4.72 Å². The average molecular weight is 479 g/mol. The van der Waals surface area contributed by atoms with Crippen LogP contribution in [0.3, 0.4) is 0 Å². The molecule has 2 unspecified atom stereocenters. The molecule has 6 nitrogen and oxygen atoms in total. The van der Waals surface area contributed by atoms with Crippen LogP contribution in [0.2, 0.25) is 10.0 Å². The first-order valence-corrected chi connectivity index (χ1v) is 11.3. The van der Waals surface area contributed by atoms with Gasteiger partial charge >= 0.3 is 0 Å². The predicted octanol–water partition coefficient (Wildman–Crippen LogP) is 4.11. The number of carbonyl (C=O) groups is 1. The zero-order chi connectivity index (χ0) is 22.1. The summed E-state index contributed by atoms with van der Waals surface area (Å²) in [6, 6.07) is 4.91. The SMILES string of the molecule is O=C(Nc1cc(F)c(F)c(Cl)c1)c1cc(S(=O)(=O)NC2CCCC(O)C2)ccc1Cl. The molecular weight excluding hydrogens is 461 g/mol. The minimum absolute atomic E-state index is 0.0341. The fourth-order valence-corrected chi connectivity index (χ4v) is 4.95. The quantitative estimate of drug-likeness (QED) is 0.563. The van der Waals surface area contributed by atoms with Crippen molar-refractivity contribution in [2.24, 2.45) is 0 Å². The van der Waals surface area contributed by atoms with Gasteiger partial charge in [-0.15, -0.1) is 0 Å². The van der Waals surface area contributed by atoms with Gasteiger partial charge in [-0.25, -0.2) is 21.9 Å². The second-order valence-electron chi connectivity index (χ2n) is 6.99. The number of aliphatic hydroxyl groups is 1. The van der Waals surface area contributed by atoms with Gasteiger partial charge in [0, 0.05) is 17.8 Å². The Hall–Kier alpha value is -1.78. The second kappa shape index (κ2) is 9.15. The van der Waals surface area contributed by atoms with Gasteiger partial charge in [-0.05, 0) is 49.9 Å². The summed E-state index contributed by atoms with van der Waals surface area (Å²) in [5.41, 5.74) is -0.299. The monoisotopic (exact) mass is 478 g/mol. The maximum atomic E-state index is 13.5. The molecule has 0 saturated heterocycles. The molecule has 0 spiro atoms. The summed E-state index contributed by atoms with van der Waals surface area (Å²) in [7, 11) is -3.98. The van der Waals surface area contributed by atoms with Crippen LogP contribution in [0.4, 0.5) is 14.5 Å².